The first-order valence-corrected chi connectivity index (χ1v) is 10.3. The smallest absolute Gasteiger partial charge is 0.337 e. The van der Waals surface area contributed by atoms with Gasteiger partial charge >= 0.3 is 5.97 Å². The lowest BCUT2D eigenvalue weighted by Crippen LogP contribution is -2.60. The third-order valence-corrected chi connectivity index (χ3v) is 5.54. The molecule has 0 bridgehead atoms. The topological polar surface area (TPSA) is 174 Å². The van der Waals surface area contributed by atoms with Crippen LogP contribution in [-0.4, -0.2) is 66.2 Å². The zero-order valence-electron chi connectivity index (χ0n) is 18.5. The summed E-state index contributed by atoms with van der Waals surface area (Å²) in [6.07, 6.45) is -7.06. The summed E-state index contributed by atoms with van der Waals surface area (Å²) >= 11 is 0. The fourth-order valence-electron chi connectivity index (χ4n) is 3.79. The molecule has 0 aliphatic carbocycles. The van der Waals surface area contributed by atoms with E-state index in [1.54, 1.807) is 30.3 Å². The Bertz CT molecular complexity index is 1310. The second-order valence-corrected chi connectivity index (χ2v) is 7.61. The summed E-state index contributed by atoms with van der Waals surface area (Å²) in [7, 11) is 2.24. The Balaban J connectivity index is 1.78. The first-order valence-electron chi connectivity index (χ1n) is 10.3. The number of methoxy groups -OCH3 is 2. The molecule has 1 aliphatic rings. The van der Waals surface area contributed by atoms with E-state index in [0.717, 1.165) is 7.11 Å². The number of aromatic hydroxyl groups is 1. The number of fused-ring (bicyclic) bond motifs is 1. The molecule has 35 heavy (non-hydrogen) atoms. The van der Waals surface area contributed by atoms with Crippen LogP contribution in [0.4, 0.5) is 0 Å². The molecule has 3 aromatic rings. The molecule has 5 unspecified atom stereocenters. The van der Waals surface area contributed by atoms with Gasteiger partial charge in [0, 0.05) is 17.7 Å². The third kappa shape index (κ3) is 4.30. The quantitative estimate of drug-likeness (QED) is 0.338. The van der Waals surface area contributed by atoms with Crippen molar-refractivity contribution in [2.75, 3.05) is 14.2 Å². The zero-order valence-corrected chi connectivity index (χ0v) is 18.5. The summed E-state index contributed by atoms with van der Waals surface area (Å²) in [4.78, 5) is 36.0. The van der Waals surface area contributed by atoms with Gasteiger partial charge in [-0.15, -0.1) is 0 Å². The minimum absolute atomic E-state index is 0.0764. The summed E-state index contributed by atoms with van der Waals surface area (Å²) < 4.78 is 26.6. The molecule has 5 atom stereocenters. The third-order valence-electron chi connectivity index (χ3n) is 5.54. The number of ether oxygens (including phenoxy) is 4. The summed E-state index contributed by atoms with van der Waals surface area (Å²) in [5.41, 5.74) is -0.0262. The molecular formula is C23H21NO11. The highest BCUT2D eigenvalue weighted by molar-refractivity contribution is 5.89. The Hall–Kier alpha value is -4.00. The summed E-state index contributed by atoms with van der Waals surface area (Å²) in [6, 6.07) is 9.54. The number of carbonyl (C=O) groups is 1. The van der Waals surface area contributed by atoms with Crippen LogP contribution in [0.3, 0.4) is 0 Å². The number of aliphatic hydroxyl groups excluding tert-OH is 2. The van der Waals surface area contributed by atoms with Crippen LogP contribution in [0.25, 0.3) is 22.3 Å². The van der Waals surface area contributed by atoms with E-state index in [2.05, 4.69) is 9.91 Å². The second kappa shape index (κ2) is 9.70. The number of nitrogens with zero attached hydrogens (tertiary/aromatic N) is 1. The molecule has 0 spiro atoms. The molecule has 2 aromatic carbocycles. The van der Waals surface area contributed by atoms with Crippen molar-refractivity contribution in [2.24, 2.45) is 5.18 Å². The lowest BCUT2D eigenvalue weighted by Gasteiger charge is -2.38. The monoisotopic (exact) mass is 487 g/mol. The number of benzene rings is 2. The van der Waals surface area contributed by atoms with Gasteiger partial charge in [-0.2, -0.15) is 4.91 Å². The lowest BCUT2D eigenvalue weighted by atomic mass is 9.97. The minimum atomic E-state index is -1.84. The minimum Gasteiger partial charge on any atom is -0.504 e. The van der Waals surface area contributed by atoms with Crippen molar-refractivity contribution in [1.29, 1.82) is 0 Å². The van der Waals surface area contributed by atoms with Gasteiger partial charge in [-0.25, -0.2) is 4.79 Å². The van der Waals surface area contributed by atoms with Crippen LogP contribution in [0.5, 0.6) is 17.2 Å². The van der Waals surface area contributed by atoms with E-state index in [4.69, 9.17) is 18.6 Å². The van der Waals surface area contributed by atoms with E-state index in [-0.39, 0.29) is 28.2 Å². The standard InChI is InChI=1S/C23H21NO11/c1-31-20-14(34-23-19(28)18(27)16(24-30)21(35-23)22(29)32-2)9-13-15(17(20)26)11(25)8-12(33-13)10-6-4-3-5-7-10/h3-9,16,18-19,21,23,26-28H,1-2H3. The van der Waals surface area contributed by atoms with Crippen LogP contribution in [0.1, 0.15) is 0 Å². The fourth-order valence-corrected chi connectivity index (χ4v) is 3.79. The number of rotatable bonds is 6. The summed E-state index contributed by atoms with van der Waals surface area (Å²) in [6.45, 7) is 0. The van der Waals surface area contributed by atoms with Crippen molar-refractivity contribution < 1.29 is 43.5 Å². The number of nitroso groups, excluding NO2 is 1. The molecule has 1 saturated heterocycles. The molecule has 0 amide bonds. The van der Waals surface area contributed by atoms with Crippen LogP contribution in [-0.2, 0) is 14.3 Å². The van der Waals surface area contributed by atoms with E-state index in [9.17, 15) is 29.8 Å². The van der Waals surface area contributed by atoms with Crippen molar-refractivity contribution in [2.45, 2.75) is 30.6 Å². The average Bonchev–Trinajstić information content (AvgIpc) is 2.86. The van der Waals surface area contributed by atoms with Crippen molar-refractivity contribution in [3.8, 4) is 28.6 Å². The molecule has 2 heterocycles. The molecule has 0 radical (unpaired) electrons. The van der Waals surface area contributed by atoms with E-state index in [0.29, 0.717) is 5.56 Å². The summed E-state index contributed by atoms with van der Waals surface area (Å²) in [5, 5.41) is 33.9. The Morgan fingerprint density at radius 3 is 2.43 bits per heavy atom. The molecule has 1 aliphatic heterocycles. The maximum absolute atomic E-state index is 12.8. The van der Waals surface area contributed by atoms with Gasteiger partial charge in [-0.3, -0.25) is 4.79 Å². The van der Waals surface area contributed by atoms with Gasteiger partial charge < -0.3 is 38.7 Å². The van der Waals surface area contributed by atoms with Crippen LogP contribution in [0.2, 0.25) is 0 Å². The Morgan fingerprint density at radius 2 is 1.80 bits per heavy atom. The first-order chi connectivity index (χ1) is 16.8. The van der Waals surface area contributed by atoms with Crippen LogP contribution in [0, 0.1) is 4.91 Å². The van der Waals surface area contributed by atoms with Gasteiger partial charge in [-0.05, 0) is 0 Å². The van der Waals surface area contributed by atoms with Gasteiger partial charge in [0.25, 0.3) is 0 Å². The Kier molecular flexibility index (Phi) is 6.69. The normalized spacial score (nSPS) is 24.1. The largest absolute Gasteiger partial charge is 0.504 e. The van der Waals surface area contributed by atoms with Crippen molar-refractivity contribution in [3.05, 3.63) is 57.6 Å². The SMILES string of the molecule is COC(=O)C1OC(Oc2cc3oc(-c4ccccc4)cc(=O)c3c(O)c2OC)C(O)C(O)C1N=O. The maximum atomic E-state index is 12.8. The second-order valence-electron chi connectivity index (χ2n) is 7.61. The lowest BCUT2D eigenvalue weighted by molar-refractivity contribution is -0.245. The van der Waals surface area contributed by atoms with Crippen LogP contribution >= 0.6 is 0 Å². The highest BCUT2D eigenvalue weighted by atomic mass is 16.7. The van der Waals surface area contributed by atoms with Crippen molar-refractivity contribution >= 4 is 16.9 Å². The van der Waals surface area contributed by atoms with Crippen LogP contribution in [0.15, 0.2) is 56.9 Å². The Morgan fingerprint density at radius 1 is 1.09 bits per heavy atom. The number of carbonyl (C=O) groups excluding carboxylic acids is 1. The zero-order chi connectivity index (χ0) is 25.3. The van der Waals surface area contributed by atoms with E-state index >= 15 is 0 Å². The Labute approximate surface area is 197 Å². The first kappa shape index (κ1) is 24.1. The predicted octanol–water partition coefficient (Wildman–Crippen LogP) is 1.31. The molecule has 0 saturated carbocycles. The number of hydrogen-bond acceptors (Lipinski definition) is 12. The number of hydrogen-bond donors (Lipinski definition) is 3. The number of phenolic OH excluding ortho intramolecular Hbond substituents is 1. The molecule has 4 rings (SSSR count). The molecule has 3 N–H and O–H groups in total. The number of phenols is 1. The van der Waals surface area contributed by atoms with E-state index < -0.39 is 47.8 Å². The van der Waals surface area contributed by atoms with Crippen LogP contribution < -0.4 is 14.9 Å². The average molecular weight is 487 g/mol. The van der Waals surface area contributed by atoms with Crippen molar-refractivity contribution in [3.63, 3.8) is 0 Å². The van der Waals surface area contributed by atoms with Crippen molar-refractivity contribution in [1.82, 2.24) is 0 Å². The molecule has 184 valence electrons. The summed E-state index contributed by atoms with van der Waals surface area (Å²) in [5.74, 6) is -1.96. The molecular weight excluding hydrogens is 466 g/mol. The van der Waals surface area contributed by atoms with Gasteiger partial charge in [0.2, 0.25) is 12.0 Å². The van der Waals surface area contributed by atoms with Gasteiger partial charge in [0.1, 0.15) is 28.9 Å². The predicted molar refractivity (Wildman–Crippen MR) is 119 cm³/mol. The highest BCUT2D eigenvalue weighted by Gasteiger charge is 2.50. The highest BCUT2D eigenvalue weighted by Crippen LogP contribution is 2.43. The van der Waals surface area contributed by atoms with E-state index in [1.807, 2.05) is 0 Å². The molecule has 1 fully saturated rings. The molecule has 12 heteroatoms. The fraction of sp³-hybridized carbons (Fsp3) is 0.304. The molecule has 1 aromatic heterocycles. The number of esters is 1. The van der Waals surface area contributed by atoms with E-state index in [1.165, 1.54) is 19.2 Å². The van der Waals surface area contributed by atoms with Gasteiger partial charge in [0.15, 0.2) is 29.1 Å². The number of aliphatic hydroxyl groups is 2. The van der Waals surface area contributed by atoms with Gasteiger partial charge in [-0.1, -0.05) is 35.5 Å². The maximum Gasteiger partial charge on any atom is 0.337 e. The molecule has 12 nitrogen and oxygen atoms in total. The van der Waals surface area contributed by atoms with Gasteiger partial charge in [0.05, 0.1) is 14.2 Å².